The largest absolute Gasteiger partial charge is 0.491 e. The van der Waals surface area contributed by atoms with Crippen molar-refractivity contribution < 1.29 is 9.47 Å². The quantitative estimate of drug-likeness (QED) is 0.498. The third kappa shape index (κ3) is 6.39. The van der Waals surface area contributed by atoms with Crippen LogP contribution in [0.4, 0.5) is 0 Å². The first-order valence-electron chi connectivity index (χ1n) is 7.62. The molecule has 0 aliphatic rings. The average Bonchev–Trinajstić information content (AvgIpc) is 2.50. The van der Waals surface area contributed by atoms with Gasteiger partial charge in [0.15, 0.2) is 0 Å². The van der Waals surface area contributed by atoms with Crippen LogP contribution in [0.25, 0.3) is 0 Å². The third-order valence-electron chi connectivity index (χ3n) is 3.18. The van der Waals surface area contributed by atoms with Crippen molar-refractivity contribution in [3.63, 3.8) is 0 Å². The van der Waals surface area contributed by atoms with Gasteiger partial charge in [-0.2, -0.15) is 0 Å². The van der Waals surface area contributed by atoms with E-state index in [4.69, 9.17) is 32.7 Å². The van der Waals surface area contributed by atoms with Crippen LogP contribution in [0, 0.1) is 0 Å². The summed E-state index contributed by atoms with van der Waals surface area (Å²) in [5, 5.41) is 0. The molecule has 128 valence electrons. The molecule has 2 aromatic carbocycles. The molecule has 0 aromatic heterocycles. The Balaban J connectivity index is 2.00. The topological polar surface area (TPSA) is 18.5 Å². The fourth-order valence-corrected chi connectivity index (χ4v) is 2.83. The number of halogens is 3. The van der Waals surface area contributed by atoms with Crippen LogP contribution in [0.1, 0.15) is 25.0 Å². The highest BCUT2D eigenvalue weighted by molar-refractivity contribution is 9.10. The monoisotopic (exact) mass is 428 g/mol. The first kappa shape index (κ1) is 19.2. The Morgan fingerprint density at radius 1 is 1.08 bits per heavy atom. The van der Waals surface area contributed by atoms with E-state index in [-0.39, 0.29) is 10.6 Å². The molecular formula is C19H19BrCl2O2. The van der Waals surface area contributed by atoms with Gasteiger partial charge in [-0.15, -0.1) is 0 Å². The van der Waals surface area contributed by atoms with Gasteiger partial charge in [0.1, 0.15) is 22.6 Å². The first-order valence-corrected chi connectivity index (χ1v) is 9.17. The minimum Gasteiger partial charge on any atom is -0.491 e. The Hall–Kier alpha value is -1.16. The SMILES string of the molecule is CC(C)Oc1ccc(Cc2ccc(OCC=C(Cl)Cl)c(Br)c2)cc1. The standard InChI is InChI=1S/C19H19BrCl2O2/c1-13(2)24-16-6-3-14(4-7-16)11-15-5-8-18(17(20)12-15)23-10-9-19(21)22/h3-9,12-13H,10-11H2,1-2H3. The summed E-state index contributed by atoms with van der Waals surface area (Å²) in [4.78, 5) is 0. The van der Waals surface area contributed by atoms with Gasteiger partial charge < -0.3 is 9.47 Å². The number of benzene rings is 2. The fourth-order valence-electron chi connectivity index (χ4n) is 2.16. The van der Waals surface area contributed by atoms with Crippen molar-refractivity contribution in [3.8, 4) is 11.5 Å². The molecule has 5 heteroatoms. The van der Waals surface area contributed by atoms with Crippen molar-refractivity contribution in [1.29, 1.82) is 0 Å². The van der Waals surface area contributed by atoms with Crippen LogP contribution in [0.5, 0.6) is 11.5 Å². The van der Waals surface area contributed by atoms with E-state index in [1.54, 1.807) is 6.08 Å². The van der Waals surface area contributed by atoms with Crippen LogP contribution in [0.2, 0.25) is 0 Å². The molecule has 2 aromatic rings. The highest BCUT2D eigenvalue weighted by Crippen LogP contribution is 2.27. The maximum absolute atomic E-state index is 5.66. The molecule has 0 unspecified atom stereocenters. The zero-order valence-corrected chi connectivity index (χ0v) is 16.7. The van der Waals surface area contributed by atoms with Gasteiger partial charge >= 0.3 is 0 Å². The number of rotatable bonds is 7. The average molecular weight is 430 g/mol. The number of hydrogen-bond acceptors (Lipinski definition) is 2. The molecule has 2 nitrogen and oxygen atoms in total. The lowest BCUT2D eigenvalue weighted by atomic mass is 10.0. The summed E-state index contributed by atoms with van der Waals surface area (Å²) in [5.74, 6) is 1.65. The molecule has 0 radical (unpaired) electrons. The second kappa shape index (κ2) is 9.36. The van der Waals surface area contributed by atoms with Gasteiger partial charge in [0.2, 0.25) is 0 Å². The van der Waals surface area contributed by atoms with Crippen LogP contribution in [-0.2, 0) is 6.42 Å². The van der Waals surface area contributed by atoms with Gasteiger partial charge in [-0.25, -0.2) is 0 Å². The van der Waals surface area contributed by atoms with Gasteiger partial charge in [0, 0.05) is 0 Å². The highest BCUT2D eigenvalue weighted by atomic mass is 79.9. The second-order valence-electron chi connectivity index (χ2n) is 5.56. The lowest BCUT2D eigenvalue weighted by Crippen LogP contribution is -2.05. The van der Waals surface area contributed by atoms with Crippen LogP contribution in [0.15, 0.2) is 57.5 Å². The zero-order valence-electron chi connectivity index (χ0n) is 13.6. The molecular weight excluding hydrogens is 411 g/mol. The van der Waals surface area contributed by atoms with Crippen LogP contribution >= 0.6 is 39.1 Å². The lowest BCUT2D eigenvalue weighted by Gasteiger charge is -2.11. The predicted molar refractivity (Wildman–Crippen MR) is 104 cm³/mol. The van der Waals surface area contributed by atoms with Gasteiger partial charge in [-0.05, 0) is 77.7 Å². The Bertz CT molecular complexity index is 693. The number of ether oxygens (including phenoxy) is 2. The Kier molecular flexibility index (Phi) is 7.47. The normalized spacial score (nSPS) is 10.6. The predicted octanol–water partition coefficient (Wildman–Crippen LogP) is 6.52. The minimum atomic E-state index is 0.183. The molecule has 0 spiro atoms. The van der Waals surface area contributed by atoms with E-state index in [9.17, 15) is 0 Å². The Labute approximate surface area is 161 Å². The maximum atomic E-state index is 5.66. The fraction of sp³-hybridized carbons (Fsp3) is 0.263. The Morgan fingerprint density at radius 3 is 2.33 bits per heavy atom. The van der Waals surface area contributed by atoms with E-state index in [1.807, 2.05) is 38.1 Å². The van der Waals surface area contributed by atoms with Crippen molar-refractivity contribution in [2.75, 3.05) is 6.61 Å². The summed E-state index contributed by atoms with van der Waals surface area (Å²) in [5.41, 5.74) is 2.42. The van der Waals surface area contributed by atoms with Gasteiger partial charge in [0.05, 0.1) is 10.6 Å². The molecule has 0 saturated heterocycles. The van der Waals surface area contributed by atoms with E-state index in [1.165, 1.54) is 11.1 Å². The summed E-state index contributed by atoms with van der Waals surface area (Å²) in [7, 11) is 0. The summed E-state index contributed by atoms with van der Waals surface area (Å²) in [6, 6.07) is 14.2. The van der Waals surface area contributed by atoms with Crippen LogP contribution < -0.4 is 9.47 Å². The van der Waals surface area contributed by atoms with Gasteiger partial charge in [-0.3, -0.25) is 0 Å². The third-order valence-corrected chi connectivity index (χ3v) is 4.10. The second-order valence-corrected chi connectivity index (χ2v) is 7.42. The van der Waals surface area contributed by atoms with Crippen molar-refractivity contribution in [2.24, 2.45) is 0 Å². The van der Waals surface area contributed by atoms with E-state index < -0.39 is 0 Å². The first-order chi connectivity index (χ1) is 11.4. The maximum Gasteiger partial charge on any atom is 0.133 e. The van der Waals surface area contributed by atoms with E-state index in [0.717, 1.165) is 22.4 Å². The molecule has 0 saturated carbocycles. The molecule has 0 aliphatic heterocycles. The van der Waals surface area contributed by atoms with Gasteiger partial charge in [-0.1, -0.05) is 41.4 Å². The van der Waals surface area contributed by atoms with Crippen molar-refractivity contribution >= 4 is 39.1 Å². The summed E-state index contributed by atoms with van der Waals surface area (Å²) >= 11 is 14.7. The molecule has 0 atom stereocenters. The van der Waals surface area contributed by atoms with Crippen LogP contribution in [-0.4, -0.2) is 12.7 Å². The molecule has 0 fully saturated rings. The summed E-state index contributed by atoms with van der Waals surface area (Å²) in [6.07, 6.45) is 2.63. The van der Waals surface area contributed by atoms with E-state index in [2.05, 4.69) is 34.1 Å². The molecule has 0 bridgehead atoms. The van der Waals surface area contributed by atoms with Crippen LogP contribution in [0.3, 0.4) is 0 Å². The zero-order chi connectivity index (χ0) is 17.5. The van der Waals surface area contributed by atoms with Crippen molar-refractivity contribution in [1.82, 2.24) is 0 Å². The van der Waals surface area contributed by atoms with Crippen molar-refractivity contribution in [3.05, 3.63) is 68.6 Å². The molecule has 2 rings (SSSR count). The lowest BCUT2D eigenvalue weighted by molar-refractivity contribution is 0.242. The molecule has 0 aliphatic carbocycles. The highest BCUT2D eigenvalue weighted by Gasteiger charge is 2.04. The smallest absolute Gasteiger partial charge is 0.133 e. The van der Waals surface area contributed by atoms with Crippen molar-refractivity contribution in [2.45, 2.75) is 26.4 Å². The van der Waals surface area contributed by atoms with E-state index in [0.29, 0.717) is 6.61 Å². The number of hydrogen-bond donors (Lipinski definition) is 0. The summed E-state index contributed by atoms with van der Waals surface area (Å²) < 4.78 is 12.4. The molecule has 0 amide bonds. The minimum absolute atomic E-state index is 0.183. The molecule has 24 heavy (non-hydrogen) atoms. The summed E-state index contributed by atoms with van der Waals surface area (Å²) in [6.45, 7) is 4.37. The Morgan fingerprint density at radius 2 is 1.75 bits per heavy atom. The van der Waals surface area contributed by atoms with Gasteiger partial charge in [0.25, 0.3) is 0 Å². The van der Waals surface area contributed by atoms with E-state index >= 15 is 0 Å². The molecule has 0 heterocycles. The molecule has 0 N–H and O–H groups in total.